The summed E-state index contributed by atoms with van der Waals surface area (Å²) in [6.45, 7) is 3.86. The minimum atomic E-state index is -4.16. The highest BCUT2D eigenvalue weighted by molar-refractivity contribution is 7.86. The van der Waals surface area contributed by atoms with Gasteiger partial charge in [0.25, 0.3) is 10.1 Å². The Hall–Kier alpha value is -1.39. The maximum absolute atomic E-state index is 11.2. The van der Waals surface area contributed by atoms with Gasteiger partial charge in [0.05, 0.1) is 0 Å². The van der Waals surface area contributed by atoms with Crippen LogP contribution >= 0.6 is 0 Å². The molecule has 0 saturated carbocycles. The highest BCUT2D eigenvalue weighted by atomic mass is 32.2. The Morgan fingerprint density at radius 1 is 1.00 bits per heavy atom. The molecule has 1 N–H and O–H groups in total. The van der Waals surface area contributed by atoms with E-state index in [0.29, 0.717) is 5.39 Å². The van der Waals surface area contributed by atoms with Gasteiger partial charge in [0.2, 0.25) is 0 Å². The zero-order valence-electron chi connectivity index (χ0n) is 9.06. The van der Waals surface area contributed by atoms with E-state index in [1.54, 1.807) is 12.1 Å². The van der Waals surface area contributed by atoms with E-state index in [9.17, 15) is 8.42 Å². The van der Waals surface area contributed by atoms with Gasteiger partial charge in [0.1, 0.15) is 4.90 Å². The van der Waals surface area contributed by atoms with Crippen LogP contribution in [0.15, 0.2) is 35.2 Å². The maximum Gasteiger partial charge on any atom is 0.295 e. The second-order valence-electron chi connectivity index (χ2n) is 3.90. The van der Waals surface area contributed by atoms with Gasteiger partial charge in [-0.1, -0.05) is 29.8 Å². The molecule has 0 amide bonds. The van der Waals surface area contributed by atoms with Crippen LogP contribution in [0.2, 0.25) is 0 Å². The van der Waals surface area contributed by atoms with Crippen molar-refractivity contribution >= 4 is 20.9 Å². The number of hydrogen-bond acceptors (Lipinski definition) is 2. The molecule has 3 nitrogen and oxygen atoms in total. The Balaban J connectivity index is 2.96. The van der Waals surface area contributed by atoms with Crippen molar-refractivity contribution in [3.8, 4) is 0 Å². The van der Waals surface area contributed by atoms with Crippen molar-refractivity contribution < 1.29 is 13.0 Å². The summed E-state index contributed by atoms with van der Waals surface area (Å²) in [5.41, 5.74) is 2.05. The highest BCUT2D eigenvalue weighted by Gasteiger charge is 2.14. The molecule has 0 atom stereocenters. The fourth-order valence-corrected chi connectivity index (χ4v) is 2.50. The summed E-state index contributed by atoms with van der Waals surface area (Å²) < 4.78 is 31.5. The summed E-state index contributed by atoms with van der Waals surface area (Å²) in [7, 11) is -4.16. The van der Waals surface area contributed by atoms with Crippen LogP contribution in [0.25, 0.3) is 10.8 Å². The average Bonchev–Trinajstić information content (AvgIpc) is 2.17. The molecule has 0 unspecified atom stereocenters. The molecule has 2 rings (SSSR count). The molecule has 84 valence electrons. The van der Waals surface area contributed by atoms with Crippen LogP contribution in [-0.4, -0.2) is 13.0 Å². The summed E-state index contributed by atoms with van der Waals surface area (Å²) in [5.74, 6) is 0. The lowest BCUT2D eigenvalue weighted by atomic mass is 10.0. The Morgan fingerprint density at radius 2 is 1.69 bits per heavy atom. The molecule has 0 heterocycles. The predicted octanol–water partition coefficient (Wildman–Crippen LogP) is 2.70. The van der Waals surface area contributed by atoms with Crippen LogP contribution in [-0.2, 0) is 10.1 Å². The third-order valence-corrected chi connectivity index (χ3v) is 3.54. The molecule has 0 saturated heterocycles. The van der Waals surface area contributed by atoms with Gasteiger partial charge >= 0.3 is 0 Å². The zero-order chi connectivity index (χ0) is 11.9. The predicted molar refractivity (Wildman–Crippen MR) is 63.2 cm³/mol. The molecule has 16 heavy (non-hydrogen) atoms. The van der Waals surface area contributed by atoms with Crippen LogP contribution in [0.4, 0.5) is 0 Å². The highest BCUT2D eigenvalue weighted by Crippen LogP contribution is 2.26. The van der Waals surface area contributed by atoms with E-state index in [1.165, 1.54) is 6.07 Å². The van der Waals surface area contributed by atoms with Crippen molar-refractivity contribution in [2.45, 2.75) is 18.7 Å². The molecular formula is C12H12O3S. The van der Waals surface area contributed by atoms with Gasteiger partial charge in [-0.3, -0.25) is 4.55 Å². The quantitative estimate of drug-likeness (QED) is 0.774. The molecule has 0 spiro atoms. The summed E-state index contributed by atoms with van der Waals surface area (Å²) >= 11 is 0. The van der Waals surface area contributed by atoms with E-state index < -0.39 is 10.1 Å². The fraction of sp³-hybridized carbons (Fsp3) is 0.167. The first-order chi connectivity index (χ1) is 7.39. The Labute approximate surface area is 94.5 Å². The van der Waals surface area contributed by atoms with Crippen LogP contribution in [0.1, 0.15) is 11.1 Å². The number of aryl methyl sites for hydroxylation is 2. The molecule has 4 heteroatoms. The van der Waals surface area contributed by atoms with Crippen LogP contribution in [0, 0.1) is 13.8 Å². The lowest BCUT2D eigenvalue weighted by Crippen LogP contribution is -1.99. The maximum atomic E-state index is 11.2. The minimum Gasteiger partial charge on any atom is -0.282 e. The molecule has 2 aromatic carbocycles. The SMILES string of the molecule is Cc1ccc2c(S(=O)(=O)O)ccc(C)c2c1. The molecule has 0 radical (unpaired) electrons. The first kappa shape index (κ1) is 11.1. The summed E-state index contributed by atoms with van der Waals surface area (Å²) in [6.07, 6.45) is 0. The smallest absolute Gasteiger partial charge is 0.282 e. The lowest BCUT2D eigenvalue weighted by molar-refractivity contribution is 0.484. The molecule has 0 aliphatic carbocycles. The monoisotopic (exact) mass is 236 g/mol. The molecule has 0 aliphatic heterocycles. The van der Waals surface area contributed by atoms with Crippen molar-refractivity contribution in [2.75, 3.05) is 0 Å². The van der Waals surface area contributed by atoms with Crippen molar-refractivity contribution in [1.82, 2.24) is 0 Å². The van der Waals surface area contributed by atoms with Crippen molar-refractivity contribution in [3.05, 3.63) is 41.5 Å². The standard InChI is InChI=1S/C12H12O3S/c1-8-3-5-10-11(7-8)9(2)4-6-12(10)16(13,14)15/h3-7H,1-2H3,(H,13,14,15). The largest absolute Gasteiger partial charge is 0.295 e. The molecule has 0 fully saturated rings. The average molecular weight is 236 g/mol. The molecule has 0 aromatic heterocycles. The number of fused-ring (bicyclic) bond motifs is 1. The zero-order valence-corrected chi connectivity index (χ0v) is 9.88. The van der Waals surface area contributed by atoms with Crippen molar-refractivity contribution in [3.63, 3.8) is 0 Å². The second-order valence-corrected chi connectivity index (χ2v) is 5.29. The molecule has 0 bridgehead atoms. The van der Waals surface area contributed by atoms with E-state index in [1.807, 2.05) is 26.0 Å². The third kappa shape index (κ3) is 1.81. The number of hydrogen-bond donors (Lipinski definition) is 1. The third-order valence-electron chi connectivity index (χ3n) is 2.63. The van der Waals surface area contributed by atoms with E-state index >= 15 is 0 Å². The summed E-state index contributed by atoms with van der Waals surface area (Å²) in [5, 5.41) is 1.42. The summed E-state index contributed by atoms with van der Waals surface area (Å²) in [6, 6.07) is 8.60. The van der Waals surface area contributed by atoms with Crippen LogP contribution in [0.3, 0.4) is 0 Å². The van der Waals surface area contributed by atoms with Gasteiger partial charge in [0.15, 0.2) is 0 Å². The van der Waals surface area contributed by atoms with Gasteiger partial charge in [-0.2, -0.15) is 8.42 Å². The van der Waals surface area contributed by atoms with Crippen LogP contribution in [0.5, 0.6) is 0 Å². The van der Waals surface area contributed by atoms with Crippen molar-refractivity contribution in [2.24, 2.45) is 0 Å². The van der Waals surface area contributed by atoms with Crippen molar-refractivity contribution in [1.29, 1.82) is 0 Å². The fourth-order valence-electron chi connectivity index (χ4n) is 1.80. The van der Waals surface area contributed by atoms with E-state index in [4.69, 9.17) is 4.55 Å². The van der Waals surface area contributed by atoms with E-state index in [-0.39, 0.29) is 4.90 Å². The molecule has 2 aromatic rings. The lowest BCUT2D eigenvalue weighted by Gasteiger charge is -2.07. The number of benzene rings is 2. The second kappa shape index (κ2) is 3.57. The molecular weight excluding hydrogens is 224 g/mol. The topological polar surface area (TPSA) is 54.4 Å². The van der Waals surface area contributed by atoms with Gasteiger partial charge in [-0.15, -0.1) is 0 Å². The van der Waals surface area contributed by atoms with E-state index in [0.717, 1.165) is 16.5 Å². The van der Waals surface area contributed by atoms with Gasteiger partial charge in [0, 0.05) is 5.39 Å². The first-order valence-electron chi connectivity index (χ1n) is 4.87. The Bertz CT molecular complexity index is 657. The van der Waals surface area contributed by atoms with Gasteiger partial charge < -0.3 is 0 Å². The Kier molecular flexibility index (Phi) is 2.48. The first-order valence-corrected chi connectivity index (χ1v) is 6.31. The van der Waals surface area contributed by atoms with E-state index in [2.05, 4.69) is 0 Å². The minimum absolute atomic E-state index is 0.0342. The Morgan fingerprint density at radius 3 is 2.31 bits per heavy atom. The van der Waals surface area contributed by atoms with Gasteiger partial charge in [-0.05, 0) is 30.9 Å². The van der Waals surface area contributed by atoms with Crippen LogP contribution < -0.4 is 0 Å². The van der Waals surface area contributed by atoms with Gasteiger partial charge in [-0.25, -0.2) is 0 Å². The number of rotatable bonds is 1. The molecule has 0 aliphatic rings. The summed E-state index contributed by atoms with van der Waals surface area (Å²) in [4.78, 5) is -0.0342. The normalized spacial score (nSPS) is 11.9.